The lowest BCUT2D eigenvalue weighted by Crippen LogP contribution is -2.32. The Morgan fingerprint density at radius 3 is 1.10 bits per heavy atom. The van der Waals surface area contributed by atoms with Crippen molar-refractivity contribution in [2.24, 2.45) is 0 Å². The fourth-order valence-electron chi connectivity index (χ4n) is 5.30. The molecule has 0 aliphatic heterocycles. The summed E-state index contributed by atoms with van der Waals surface area (Å²) in [4.78, 5) is 0. The van der Waals surface area contributed by atoms with Gasteiger partial charge < -0.3 is 10.2 Å². The molecule has 2 nitrogen and oxygen atoms in total. The van der Waals surface area contributed by atoms with Gasteiger partial charge in [-0.3, -0.25) is 0 Å². The van der Waals surface area contributed by atoms with Crippen LogP contribution in [0.5, 0.6) is 11.5 Å². The maximum absolute atomic E-state index is 14.0. The molecule has 0 spiro atoms. The quantitative estimate of drug-likeness (QED) is 0.180. The molecule has 0 atom stereocenters. The second kappa shape index (κ2) is 11.2. The fraction of sp³-hybridized carbons (Fsp3) is 0.152. The summed E-state index contributed by atoms with van der Waals surface area (Å²) in [5.41, 5.74) is -4.24. The average Bonchev–Trinajstić information content (AvgIpc) is 2.93. The number of benzene rings is 4. The lowest BCUT2D eigenvalue weighted by atomic mass is 9.63. The first-order valence-electron chi connectivity index (χ1n) is 12.6. The molecule has 0 bridgehead atoms. The molecular weight excluding hydrogens is 542 g/mol. The van der Waals surface area contributed by atoms with Crippen LogP contribution in [-0.4, -0.2) is 10.2 Å². The van der Waals surface area contributed by atoms with Crippen molar-refractivity contribution in [3.8, 4) is 11.5 Å². The second-order valence-electron chi connectivity index (χ2n) is 9.32. The second-order valence-corrected chi connectivity index (χ2v) is 9.32. The van der Waals surface area contributed by atoms with Crippen molar-refractivity contribution < 1.29 is 36.6 Å². The summed E-state index contributed by atoms with van der Waals surface area (Å²) in [6, 6.07) is 20.5. The van der Waals surface area contributed by atoms with Gasteiger partial charge in [-0.25, -0.2) is 0 Å². The minimum absolute atomic E-state index is 0.0579. The Balaban J connectivity index is 2.29. The Hall–Kier alpha value is -4.46. The van der Waals surface area contributed by atoms with Gasteiger partial charge in [0.2, 0.25) is 0 Å². The fourth-order valence-corrected chi connectivity index (χ4v) is 5.30. The number of alkyl halides is 6. The molecule has 0 aliphatic carbocycles. The highest BCUT2D eigenvalue weighted by Gasteiger charge is 2.46. The van der Waals surface area contributed by atoms with Crippen molar-refractivity contribution in [1.29, 1.82) is 0 Å². The predicted octanol–water partition coefficient (Wildman–Crippen LogP) is 9.58. The number of aromatic hydroxyl groups is 2. The topological polar surface area (TPSA) is 40.5 Å². The Labute approximate surface area is 233 Å². The third-order valence-electron chi connectivity index (χ3n) is 6.93. The van der Waals surface area contributed by atoms with Gasteiger partial charge in [0.15, 0.2) is 0 Å². The first-order chi connectivity index (χ1) is 19.4. The van der Waals surface area contributed by atoms with Crippen LogP contribution >= 0.6 is 0 Å². The molecule has 4 aromatic carbocycles. The third-order valence-corrected chi connectivity index (χ3v) is 6.93. The van der Waals surface area contributed by atoms with Gasteiger partial charge in [-0.1, -0.05) is 97.1 Å². The van der Waals surface area contributed by atoms with E-state index in [0.29, 0.717) is 11.1 Å². The number of hydrogen-bond acceptors (Lipinski definition) is 2. The number of halogens is 6. The molecule has 0 saturated heterocycles. The number of phenols is 2. The van der Waals surface area contributed by atoms with E-state index in [1.807, 2.05) is 0 Å². The van der Waals surface area contributed by atoms with E-state index in [9.17, 15) is 36.6 Å². The Kier molecular flexibility index (Phi) is 8.06. The van der Waals surface area contributed by atoms with Crippen molar-refractivity contribution in [2.45, 2.75) is 31.6 Å². The Morgan fingerprint density at radius 1 is 0.488 bits per heavy atom. The standard InChI is InChI=1S/C33H26F6O2/c1-3-11-23-25(32(34,35)36)17-19-27(29(23)40)31(21-13-7-5-8-14-21,22-15-9-6-10-16-22)28-20-18-26(33(37,38)39)24(12-4-2)30(28)41/h3-20,40-41H,1-2H3. The van der Waals surface area contributed by atoms with E-state index >= 15 is 0 Å². The maximum Gasteiger partial charge on any atom is 0.417 e. The summed E-state index contributed by atoms with van der Waals surface area (Å²) >= 11 is 0. The average molecular weight is 569 g/mol. The number of phenolic OH excluding ortho intramolecular Hbond substituents is 2. The van der Waals surface area contributed by atoms with Gasteiger partial charge in [0.25, 0.3) is 0 Å². The molecule has 4 rings (SSSR count). The molecule has 41 heavy (non-hydrogen) atoms. The molecule has 0 heterocycles. The summed E-state index contributed by atoms with van der Waals surface area (Å²) in [5.74, 6) is -1.45. The minimum atomic E-state index is -4.80. The summed E-state index contributed by atoms with van der Waals surface area (Å²) in [6.45, 7) is 3.00. The molecule has 212 valence electrons. The smallest absolute Gasteiger partial charge is 0.417 e. The maximum atomic E-state index is 14.0. The third kappa shape index (κ3) is 5.22. The number of rotatable bonds is 6. The van der Waals surface area contributed by atoms with E-state index in [4.69, 9.17) is 0 Å². The van der Waals surface area contributed by atoms with Crippen LogP contribution in [0.3, 0.4) is 0 Å². The van der Waals surface area contributed by atoms with Gasteiger partial charge >= 0.3 is 12.4 Å². The Bertz CT molecular complexity index is 1460. The summed E-state index contributed by atoms with van der Waals surface area (Å²) in [5, 5.41) is 23.2. The van der Waals surface area contributed by atoms with Crippen LogP contribution in [0.25, 0.3) is 12.2 Å². The van der Waals surface area contributed by atoms with Gasteiger partial charge in [0, 0.05) is 22.3 Å². The van der Waals surface area contributed by atoms with Crippen LogP contribution in [0.15, 0.2) is 97.1 Å². The number of allylic oxidation sites excluding steroid dienone is 2. The highest BCUT2D eigenvalue weighted by molar-refractivity contribution is 5.75. The molecule has 0 aliphatic rings. The van der Waals surface area contributed by atoms with E-state index in [1.165, 1.54) is 26.0 Å². The van der Waals surface area contributed by atoms with Crippen molar-refractivity contribution in [3.63, 3.8) is 0 Å². The van der Waals surface area contributed by atoms with Crippen molar-refractivity contribution >= 4 is 12.2 Å². The van der Waals surface area contributed by atoms with E-state index < -0.39 is 51.5 Å². The van der Waals surface area contributed by atoms with Gasteiger partial charge in [-0.05, 0) is 37.1 Å². The molecule has 4 aromatic rings. The first-order valence-corrected chi connectivity index (χ1v) is 12.6. The summed E-state index contributed by atoms with van der Waals surface area (Å²) < 4.78 is 84.0. The largest absolute Gasteiger partial charge is 0.507 e. The van der Waals surface area contributed by atoms with Crippen molar-refractivity contribution in [2.75, 3.05) is 0 Å². The summed E-state index contributed by atoms with van der Waals surface area (Å²) in [7, 11) is 0. The van der Waals surface area contributed by atoms with Crippen LogP contribution in [0.4, 0.5) is 26.3 Å². The SMILES string of the molecule is CC=Cc1c(C(F)(F)F)ccc(C(c2ccccc2)(c2ccccc2)c2ccc(C(F)(F)F)c(C=CC)c2O)c1O. The van der Waals surface area contributed by atoms with Gasteiger partial charge in [-0.2, -0.15) is 26.3 Å². The first kappa shape index (κ1) is 29.5. The summed E-state index contributed by atoms with van der Waals surface area (Å²) in [6.07, 6.45) is -4.66. The zero-order chi connectivity index (χ0) is 30.0. The zero-order valence-corrected chi connectivity index (χ0v) is 22.1. The molecule has 0 unspecified atom stereocenters. The van der Waals surface area contributed by atoms with Crippen LogP contribution in [0, 0.1) is 0 Å². The highest BCUT2D eigenvalue weighted by atomic mass is 19.4. The molecule has 0 amide bonds. The lowest BCUT2D eigenvalue weighted by molar-refractivity contribution is -0.138. The van der Waals surface area contributed by atoms with Crippen LogP contribution < -0.4 is 0 Å². The predicted molar refractivity (Wildman–Crippen MR) is 148 cm³/mol. The van der Waals surface area contributed by atoms with Crippen molar-refractivity contribution in [3.05, 3.63) is 142 Å². The monoisotopic (exact) mass is 568 g/mol. The molecule has 8 heteroatoms. The van der Waals surface area contributed by atoms with Crippen LogP contribution in [0.1, 0.15) is 58.4 Å². The van der Waals surface area contributed by atoms with Crippen molar-refractivity contribution in [1.82, 2.24) is 0 Å². The van der Waals surface area contributed by atoms with Gasteiger partial charge in [0.1, 0.15) is 11.5 Å². The zero-order valence-electron chi connectivity index (χ0n) is 22.1. The van der Waals surface area contributed by atoms with E-state index in [1.54, 1.807) is 60.7 Å². The van der Waals surface area contributed by atoms with E-state index in [0.717, 1.165) is 36.4 Å². The molecular formula is C33H26F6O2. The lowest BCUT2D eigenvalue weighted by Gasteiger charge is -2.38. The molecule has 0 fully saturated rings. The normalized spacial score (nSPS) is 12.9. The molecule has 0 aromatic heterocycles. The van der Waals surface area contributed by atoms with Crippen LogP contribution in [0.2, 0.25) is 0 Å². The number of hydrogen-bond donors (Lipinski definition) is 2. The van der Waals surface area contributed by atoms with Gasteiger partial charge in [-0.15, -0.1) is 0 Å². The Morgan fingerprint density at radius 2 is 0.805 bits per heavy atom. The van der Waals surface area contributed by atoms with Crippen LogP contribution in [-0.2, 0) is 17.8 Å². The van der Waals surface area contributed by atoms with E-state index in [-0.39, 0.29) is 11.1 Å². The molecule has 2 N–H and O–H groups in total. The van der Waals surface area contributed by atoms with Gasteiger partial charge in [0.05, 0.1) is 16.5 Å². The highest BCUT2D eigenvalue weighted by Crippen LogP contribution is 2.54. The minimum Gasteiger partial charge on any atom is -0.507 e. The molecule has 0 radical (unpaired) electrons. The van der Waals surface area contributed by atoms with E-state index in [2.05, 4.69) is 0 Å². The molecule has 0 saturated carbocycles.